The molecule has 1 N–H and O–H groups in total. The molecule has 2 aromatic rings. The molecule has 2 heterocycles. The second kappa shape index (κ2) is 6.32. The molecular formula is C15H20N4O. The molecule has 0 unspecified atom stereocenters. The lowest BCUT2D eigenvalue weighted by atomic mass is 10.3. The Morgan fingerprint density at radius 2 is 2.05 bits per heavy atom. The van der Waals surface area contributed by atoms with Gasteiger partial charge in [0.05, 0.1) is 6.54 Å². The minimum Gasteiger partial charge on any atom is -0.370 e. The first-order valence-corrected chi connectivity index (χ1v) is 6.84. The number of pyridine rings is 1. The summed E-state index contributed by atoms with van der Waals surface area (Å²) in [6, 6.07) is 5.44. The maximum Gasteiger partial charge on any atom is 0.251 e. The molecule has 2 rings (SSSR count). The van der Waals surface area contributed by atoms with E-state index in [0.717, 1.165) is 30.0 Å². The number of aromatic nitrogens is 3. The fraction of sp³-hybridized carbons (Fsp3) is 0.400. The third kappa shape index (κ3) is 3.66. The van der Waals surface area contributed by atoms with E-state index in [4.69, 9.17) is 0 Å². The Labute approximate surface area is 118 Å². The minimum atomic E-state index is -0.0295. The molecule has 0 saturated heterocycles. The van der Waals surface area contributed by atoms with Crippen molar-refractivity contribution in [1.82, 2.24) is 14.5 Å². The highest BCUT2D eigenvalue weighted by atomic mass is 16.1. The van der Waals surface area contributed by atoms with Crippen LogP contribution in [0.25, 0.3) is 0 Å². The van der Waals surface area contributed by atoms with Crippen molar-refractivity contribution >= 4 is 5.82 Å². The highest BCUT2D eigenvalue weighted by molar-refractivity contribution is 5.35. The average Bonchev–Trinajstić information content (AvgIpc) is 2.39. The van der Waals surface area contributed by atoms with Crippen LogP contribution in [0.2, 0.25) is 0 Å². The van der Waals surface area contributed by atoms with Gasteiger partial charge in [-0.3, -0.25) is 4.79 Å². The van der Waals surface area contributed by atoms with Gasteiger partial charge in [-0.2, -0.15) is 0 Å². The second-order valence-corrected chi connectivity index (χ2v) is 4.91. The lowest BCUT2D eigenvalue weighted by Crippen LogP contribution is -2.21. The molecule has 0 saturated carbocycles. The van der Waals surface area contributed by atoms with Crippen LogP contribution >= 0.6 is 0 Å². The number of hydrogen-bond donors (Lipinski definition) is 1. The summed E-state index contributed by atoms with van der Waals surface area (Å²) in [5.41, 5.74) is 1.83. The summed E-state index contributed by atoms with van der Waals surface area (Å²) in [5.74, 6) is 1.46. The maximum absolute atomic E-state index is 11.9. The van der Waals surface area contributed by atoms with Gasteiger partial charge in [-0.25, -0.2) is 9.97 Å². The van der Waals surface area contributed by atoms with Crippen molar-refractivity contribution in [1.29, 1.82) is 0 Å². The Morgan fingerprint density at radius 3 is 2.75 bits per heavy atom. The molecule has 0 amide bonds. The lowest BCUT2D eigenvalue weighted by Gasteiger charge is -2.09. The molecule has 0 aliphatic heterocycles. The third-order valence-electron chi connectivity index (χ3n) is 2.92. The largest absolute Gasteiger partial charge is 0.370 e. The SMILES string of the molecule is CCCNc1cc(C)nc(Cn2ccc(C)cc2=O)n1. The molecule has 5 heteroatoms. The van der Waals surface area contributed by atoms with Crippen LogP contribution in [0.4, 0.5) is 5.82 Å². The van der Waals surface area contributed by atoms with Crippen molar-refractivity contribution in [2.45, 2.75) is 33.7 Å². The number of nitrogens with one attached hydrogen (secondary N) is 1. The van der Waals surface area contributed by atoms with Gasteiger partial charge < -0.3 is 9.88 Å². The lowest BCUT2D eigenvalue weighted by molar-refractivity contribution is 0.709. The first-order valence-electron chi connectivity index (χ1n) is 6.84. The van der Waals surface area contributed by atoms with E-state index in [1.165, 1.54) is 0 Å². The molecule has 0 fully saturated rings. The van der Waals surface area contributed by atoms with E-state index in [-0.39, 0.29) is 5.56 Å². The van der Waals surface area contributed by atoms with Gasteiger partial charge in [0.15, 0.2) is 5.82 Å². The van der Waals surface area contributed by atoms with Crippen LogP contribution in [0.3, 0.4) is 0 Å². The first kappa shape index (κ1) is 14.2. The smallest absolute Gasteiger partial charge is 0.251 e. The highest BCUT2D eigenvalue weighted by Crippen LogP contribution is 2.07. The summed E-state index contributed by atoms with van der Waals surface area (Å²) in [4.78, 5) is 20.7. The van der Waals surface area contributed by atoms with Crippen LogP contribution in [0.5, 0.6) is 0 Å². The standard InChI is InChI=1S/C15H20N4O/c1-4-6-16-13-9-12(3)17-14(18-13)10-19-7-5-11(2)8-15(19)20/h5,7-9H,4,6,10H2,1-3H3,(H,16,17,18). The van der Waals surface area contributed by atoms with Gasteiger partial charge in [-0.05, 0) is 31.9 Å². The normalized spacial score (nSPS) is 10.6. The fourth-order valence-electron chi connectivity index (χ4n) is 1.93. The van der Waals surface area contributed by atoms with Crippen LogP contribution in [-0.2, 0) is 6.54 Å². The predicted octanol–water partition coefficient (Wildman–Crippen LogP) is 2.13. The van der Waals surface area contributed by atoms with Crippen LogP contribution in [-0.4, -0.2) is 21.1 Å². The minimum absolute atomic E-state index is 0.0295. The third-order valence-corrected chi connectivity index (χ3v) is 2.92. The summed E-state index contributed by atoms with van der Waals surface area (Å²) in [6.45, 7) is 7.21. The number of aryl methyl sites for hydroxylation is 2. The molecule has 20 heavy (non-hydrogen) atoms. The zero-order valence-electron chi connectivity index (χ0n) is 12.2. The Bertz CT molecular complexity index is 649. The number of rotatable bonds is 5. The van der Waals surface area contributed by atoms with E-state index in [1.807, 2.05) is 26.0 Å². The van der Waals surface area contributed by atoms with Gasteiger partial charge >= 0.3 is 0 Å². The molecule has 0 aromatic carbocycles. The van der Waals surface area contributed by atoms with Crippen LogP contribution < -0.4 is 10.9 Å². The Balaban J connectivity index is 2.24. The summed E-state index contributed by atoms with van der Waals surface area (Å²) in [5, 5.41) is 3.25. The molecule has 2 aromatic heterocycles. The van der Waals surface area contributed by atoms with Gasteiger partial charge in [0, 0.05) is 30.6 Å². The van der Waals surface area contributed by atoms with Crippen molar-refractivity contribution in [2.24, 2.45) is 0 Å². The van der Waals surface area contributed by atoms with Crippen LogP contribution in [0, 0.1) is 13.8 Å². The van der Waals surface area contributed by atoms with E-state index in [0.29, 0.717) is 12.4 Å². The van der Waals surface area contributed by atoms with Crippen molar-refractivity contribution in [3.63, 3.8) is 0 Å². The van der Waals surface area contributed by atoms with E-state index in [1.54, 1.807) is 16.8 Å². The van der Waals surface area contributed by atoms with Crippen LogP contribution in [0.1, 0.15) is 30.4 Å². The maximum atomic E-state index is 11.9. The topological polar surface area (TPSA) is 59.8 Å². The second-order valence-electron chi connectivity index (χ2n) is 4.91. The zero-order chi connectivity index (χ0) is 14.5. The summed E-state index contributed by atoms with van der Waals surface area (Å²) >= 11 is 0. The predicted molar refractivity (Wildman–Crippen MR) is 80.1 cm³/mol. The van der Waals surface area contributed by atoms with Crippen LogP contribution in [0.15, 0.2) is 29.2 Å². The van der Waals surface area contributed by atoms with Gasteiger partial charge in [0.1, 0.15) is 5.82 Å². The molecule has 0 bridgehead atoms. The first-order chi connectivity index (χ1) is 9.58. The molecule has 5 nitrogen and oxygen atoms in total. The average molecular weight is 272 g/mol. The Hall–Kier alpha value is -2.17. The van der Waals surface area contributed by atoms with Crippen molar-refractivity contribution in [3.8, 4) is 0 Å². The summed E-state index contributed by atoms with van der Waals surface area (Å²) in [6.07, 6.45) is 2.82. The van der Waals surface area contributed by atoms with Gasteiger partial charge in [0.2, 0.25) is 0 Å². The molecule has 0 atom stereocenters. The molecular weight excluding hydrogens is 252 g/mol. The van der Waals surface area contributed by atoms with Crippen molar-refractivity contribution in [3.05, 3.63) is 51.8 Å². The van der Waals surface area contributed by atoms with Gasteiger partial charge in [-0.1, -0.05) is 6.92 Å². The van der Waals surface area contributed by atoms with Crippen molar-refractivity contribution < 1.29 is 0 Å². The molecule has 0 aliphatic carbocycles. The molecule has 106 valence electrons. The molecule has 0 aliphatic rings. The quantitative estimate of drug-likeness (QED) is 0.905. The fourth-order valence-corrected chi connectivity index (χ4v) is 1.93. The van der Waals surface area contributed by atoms with Crippen molar-refractivity contribution in [2.75, 3.05) is 11.9 Å². The van der Waals surface area contributed by atoms with E-state index < -0.39 is 0 Å². The Kier molecular flexibility index (Phi) is 4.50. The number of nitrogens with zero attached hydrogens (tertiary/aromatic N) is 3. The van der Waals surface area contributed by atoms with E-state index in [9.17, 15) is 4.79 Å². The number of hydrogen-bond acceptors (Lipinski definition) is 4. The van der Waals surface area contributed by atoms with Gasteiger partial charge in [0.25, 0.3) is 5.56 Å². The number of anilines is 1. The summed E-state index contributed by atoms with van der Waals surface area (Å²) in [7, 11) is 0. The van der Waals surface area contributed by atoms with E-state index >= 15 is 0 Å². The zero-order valence-corrected chi connectivity index (χ0v) is 12.2. The highest BCUT2D eigenvalue weighted by Gasteiger charge is 2.04. The molecule has 0 radical (unpaired) electrons. The monoisotopic (exact) mass is 272 g/mol. The van der Waals surface area contributed by atoms with Gasteiger partial charge in [-0.15, -0.1) is 0 Å². The summed E-state index contributed by atoms with van der Waals surface area (Å²) < 4.78 is 1.62. The Morgan fingerprint density at radius 1 is 1.25 bits per heavy atom. The van der Waals surface area contributed by atoms with E-state index in [2.05, 4.69) is 22.2 Å². The molecule has 0 spiro atoms.